The van der Waals surface area contributed by atoms with Crippen LogP contribution in [0.1, 0.15) is 95.3 Å². The summed E-state index contributed by atoms with van der Waals surface area (Å²) in [6.07, 6.45) is 29.7. The predicted molar refractivity (Wildman–Crippen MR) is 177 cm³/mol. The van der Waals surface area contributed by atoms with Crippen LogP contribution >= 0.6 is 0 Å². The lowest BCUT2D eigenvalue weighted by Gasteiger charge is -2.22. The maximum Gasteiger partial charge on any atom is 0.339 e. The molecule has 1 aromatic rings. The Morgan fingerprint density at radius 3 is 2.11 bits per heavy atom. The van der Waals surface area contributed by atoms with Gasteiger partial charge >= 0.3 is 5.97 Å². The van der Waals surface area contributed by atoms with Gasteiger partial charge in [-0.2, -0.15) is 0 Å². The van der Waals surface area contributed by atoms with Crippen molar-refractivity contribution >= 4 is 23.5 Å². The Kier molecular flexibility index (Phi) is 17.2. The van der Waals surface area contributed by atoms with E-state index in [1.54, 1.807) is 0 Å². The Labute approximate surface area is 262 Å². The summed E-state index contributed by atoms with van der Waals surface area (Å²) in [4.78, 5) is 38.9. The zero-order chi connectivity index (χ0) is 32.2. The first-order valence-electron chi connectivity index (χ1n) is 15.9. The number of amides is 2. The fourth-order valence-electron chi connectivity index (χ4n) is 4.88. The third kappa shape index (κ3) is 12.8. The van der Waals surface area contributed by atoms with E-state index in [0.29, 0.717) is 25.1 Å². The molecule has 1 heterocycles. The lowest BCUT2D eigenvalue weighted by Crippen LogP contribution is -2.46. The van der Waals surface area contributed by atoms with Gasteiger partial charge in [0, 0.05) is 18.3 Å². The van der Waals surface area contributed by atoms with Gasteiger partial charge in [-0.1, -0.05) is 74.6 Å². The number of carbonyl (C=O) groups excluding carboxylic acids is 2. The number of aromatic carboxylic acids is 1. The highest BCUT2D eigenvalue weighted by Crippen LogP contribution is 2.30. The lowest BCUT2D eigenvalue weighted by molar-refractivity contribution is -0.135. The van der Waals surface area contributed by atoms with Crippen molar-refractivity contribution in [2.75, 3.05) is 11.5 Å². The number of nitrogens with one attached hydrogen (secondary N) is 1. The van der Waals surface area contributed by atoms with E-state index >= 15 is 0 Å². The molecule has 0 aromatic heterocycles. The van der Waals surface area contributed by atoms with E-state index in [1.807, 2.05) is 13.8 Å². The molecule has 1 saturated heterocycles. The van der Waals surface area contributed by atoms with Crippen molar-refractivity contribution in [1.82, 2.24) is 5.32 Å². The zero-order valence-corrected chi connectivity index (χ0v) is 26.5. The number of carboxylic acids is 1. The molecule has 1 aliphatic rings. The number of anilines is 1. The highest BCUT2D eigenvalue weighted by molar-refractivity contribution is 6.03. The first-order chi connectivity index (χ1) is 21.3. The van der Waals surface area contributed by atoms with Crippen LogP contribution in [-0.2, 0) is 14.3 Å². The number of hydrogen-bond acceptors (Lipinski definition) is 5. The SMILES string of the molecule is CC/C=C\C/C=C\C/C=C\C/C=C\C/C=C\CCCCO[C@@H](CC)C(=O)NC1CC(C)N(c2ccc(O)c(C(=O)O)c2)C1=O. The van der Waals surface area contributed by atoms with E-state index in [4.69, 9.17) is 4.74 Å². The quantitative estimate of drug-likeness (QED) is 0.105. The number of allylic oxidation sites excluding steroid dienone is 10. The zero-order valence-electron chi connectivity index (χ0n) is 26.5. The Balaban J connectivity index is 1.63. The highest BCUT2D eigenvalue weighted by Gasteiger charge is 2.40. The molecule has 8 nitrogen and oxygen atoms in total. The molecular formula is C36H50N2O6. The number of hydrogen-bond donors (Lipinski definition) is 3. The average molecular weight is 607 g/mol. The Morgan fingerprint density at radius 2 is 1.55 bits per heavy atom. The Morgan fingerprint density at radius 1 is 0.955 bits per heavy atom. The fourth-order valence-corrected chi connectivity index (χ4v) is 4.88. The second-order valence-corrected chi connectivity index (χ2v) is 10.8. The van der Waals surface area contributed by atoms with Crippen LogP contribution in [0.15, 0.2) is 79.0 Å². The van der Waals surface area contributed by atoms with Gasteiger partial charge in [0.05, 0.1) is 0 Å². The monoisotopic (exact) mass is 606 g/mol. The standard InChI is InChI=1S/C36H50N2O6/c1-4-6-7-8-9-10-11-12-13-14-15-16-17-18-19-20-21-22-25-44-33(5-2)34(40)37-31-26-28(3)38(35(31)41)29-23-24-32(39)30(27-29)36(42)43/h6-7,9-10,12-13,15-16,18-19,23-24,27-28,31,33,39H,4-5,8,11,14,17,20-22,25-26H2,1-3H3,(H,37,40)(H,42,43)/b7-6-,10-9-,13-12-,16-15-,19-18-/t28?,31?,33-/m0/s1. The van der Waals surface area contributed by atoms with Crippen molar-refractivity contribution in [2.45, 2.75) is 103 Å². The number of unbranched alkanes of at least 4 members (excludes halogenated alkanes) is 2. The molecule has 0 saturated carbocycles. The summed E-state index contributed by atoms with van der Waals surface area (Å²) in [6, 6.07) is 3.04. The minimum absolute atomic E-state index is 0.254. The van der Waals surface area contributed by atoms with E-state index in [1.165, 1.54) is 23.1 Å². The van der Waals surface area contributed by atoms with Gasteiger partial charge in [0.25, 0.3) is 0 Å². The molecule has 8 heteroatoms. The van der Waals surface area contributed by atoms with Crippen LogP contribution in [0.5, 0.6) is 5.75 Å². The molecule has 3 N–H and O–H groups in total. The third-order valence-electron chi connectivity index (χ3n) is 7.26. The summed E-state index contributed by atoms with van der Waals surface area (Å²) in [5.74, 6) is -2.30. The number of benzene rings is 1. The summed E-state index contributed by atoms with van der Waals surface area (Å²) in [5, 5.41) is 21.9. The number of carboxylic acid groups (broad SMARTS) is 1. The van der Waals surface area contributed by atoms with Crippen LogP contribution in [0, 0.1) is 0 Å². The predicted octanol–water partition coefficient (Wildman–Crippen LogP) is 7.42. The highest BCUT2D eigenvalue weighted by atomic mass is 16.5. The first-order valence-corrected chi connectivity index (χ1v) is 15.9. The smallest absolute Gasteiger partial charge is 0.339 e. The summed E-state index contributed by atoms with van der Waals surface area (Å²) < 4.78 is 5.84. The number of rotatable bonds is 20. The van der Waals surface area contributed by atoms with Crippen molar-refractivity contribution in [1.29, 1.82) is 0 Å². The number of phenols is 1. The molecule has 3 atom stereocenters. The van der Waals surface area contributed by atoms with Crippen LogP contribution in [0.2, 0.25) is 0 Å². The first kappa shape index (κ1) is 36.3. The van der Waals surface area contributed by atoms with Gasteiger partial charge in [-0.15, -0.1) is 0 Å². The molecule has 0 bridgehead atoms. The summed E-state index contributed by atoms with van der Waals surface area (Å²) in [5.41, 5.74) is 0.0843. The van der Waals surface area contributed by atoms with Crippen LogP contribution in [0.25, 0.3) is 0 Å². The molecule has 0 radical (unpaired) electrons. The van der Waals surface area contributed by atoms with Crippen molar-refractivity contribution in [3.05, 3.63) is 84.5 Å². The van der Waals surface area contributed by atoms with Crippen LogP contribution in [0.3, 0.4) is 0 Å². The van der Waals surface area contributed by atoms with Gasteiger partial charge in [-0.25, -0.2) is 4.79 Å². The molecule has 1 aliphatic heterocycles. The fraction of sp³-hybridized carbons (Fsp3) is 0.472. The summed E-state index contributed by atoms with van der Waals surface area (Å²) in [6.45, 7) is 6.31. The molecule has 1 fully saturated rings. The number of carbonyl (C=O) groups is 3. The summed E-state index contributed by atoms with van der Waals surface area (Å²) >= 11 is 0. The van der Waals surface area contributed by atoms with Crippen LogP contribution in [-0.4, -0.2) is 52.8 Å². The van der Waals surface area contributed by atoms with E-state index in [9.17, 15) is 24.6 Å². The van der Waals surface area contributed by atoms with Crippen molar-refractivity contribution < 1.29 is 29.3 Å². The minimum Gasteiger partial charge on any atom is -0.507 e. The van der Waals surface area contributed by atoms with Gasteiger partial charge in [-0.3, -0.25) is 9.59 Å². The van der Waals surface area contributed by atoms with Gasteiger partial charge in [-0.05, 0) is 89.3 Å². The van der Waals surface area contributed by atoms with Crippen molar-refractivity contribution in [3.63, 3.8) is 0 Å². The van der Waals surface area contributed by atoms with Gasteiger partial charge in [0.2, 0.25) is 11.8 Å². The molecule has 0 aliphatic carbocycles. The minimum atomic E-state index is -1.28. The van der Waals surface area contributed by atoms with E-state index in [2.05, 4.69) is 73.0 Å². The van der Waals surface area contributed by atoms with Gasteiger partial charge < -0.3 is 25.2 Å². The van der Waals surface area contributed by atoms with Gasteiger partial charge in [0.15, 0.2) is 0 Å². The molecule has 1 aromatic carbocycles. The van der Waals surface area contributed by atoms with E-state index < -0.39 is 18.1 Å². The second-order valence-electron chi connectivity index (χ2n) is 10.8. The topological polar surface area (TPSA) is 116 Å². The Bertz CT molecular complexity index is 1200. The van der Waals surface area contributed by atoms with E-state index in [0.717, 1.165) is 51.4 Å². The summed E-state index contributed by atoms with van der Waals surface area (Å²) in [7, 11) is 0. The maximum atomic E-state index is 13.1. The van der Waals surface area contributed by atoms with Gasteiger partial charge in [0.1, 0.15) is 23.5 Å². The van der Waals surface area contributed by atoms with Crippen LogP contribution < -0.4 is 10.2 Å². The third-order valence-corrected chi connectivity index (χ3v) is 7.26. The number of aromatic hydroxyl groups is 1. The molecule has 2 amide bonds. The number of nitrogens with zero attached hydrogens (tertiary/aromatic N) is 1. The molecule has 2 unspecified atom stereocenters. The van der Waals surface area contributed by atoms with Crippen LogP contribution in [0.4, 0.5) is 5.69 Å². The molecular weight excluding hydrogens is 556 g/mol. The second kappa shape index (κ2) is 20.9. The van der Waals surface area contributed by atoms with E-state index in [-0.39, 0.29) is 29.2 Å². The molecule has 44 heavy (non-hydrogen) atoms. The lowest BCUT2D eigenvalue weighted by atomic mass is 10.1. The largest absolute Gasteiger partial charge is 0.507 e. The normalized spacial score (nSPS) is 18.2. The molecule has 2 rings (SSSR count). The Hall–Kier alpha value is -3.91. The maximum absolute atomic E-state index is 13.1. The number of ether oxygens (including phenoxy) is 1. The average Bonchev–Trinajstić information content (AvgIpc) is 3.28. The molecule has 0 spiro atoms. The van der Waals surface area contributed by atoms with Crippen molar-refractivity contribution in [3.8, 4) is 5.75 Å². The van der Waals surface area contributed by atoms with Crippen molar-refractivity contribution in [2.24, 2.45) is 0 Å². The molecule has 240 valence electrons.